The highest BCUT2D eigenvalue weighted by atomic mass is 19.4. The van der Waals surface area contributed by atoms with Crippen LogP contribution in [0.1, 0.15) is 18.4 Å². The summed E-state index contributed by atoms with van der Waals surface area (Å²) in [5.41, 5.74) is 0.0799. The molecule has 1 aliphatic rings. The van der Waals surface area contributed by atoms with E-state index in [1.54, 1.807) is 12.4 Å². The van der Waals surface area contributed by atoms with Gasteiger partial charge in [-0.3, -0.25) is 14.6 Å². The van der Waals surface area contributed by atoms with Crippen molar-refractivity contribution in [3.05, 3.63) is 54.4 Å². The second kappa shape index (κ2) is 8.93. The van der Waals surface area contributed by atoms with E-state index in [0.29, 0.717) is 6.54 Å². The summed E-state index contributed by atoms with van der Waals surface area (Å²) in [6.45, 7) is 1.99. The maximum atomic E-state index is 12.7. The first-order valence-corrected chi connectivity index (χ1v) is 9.24. The molecule has 1 saturated heterocycles. The van der Waals surface area contributed by atoms with Crippen LogP contribution in [0.25, 0.3) is 0 Å². The van der Waals surface area contributed by atoms with E-state index in [4.69, 9.17) is 0 Å². The van der Waals surface area contributed by atoms with E-state index in [1.807, 2.05) is 12.1 Å². The van der Waals surface area contributed by atoms with Crippen molar-refractivity contribution >= 4 is 23.2 Å². The lowest BCUT2D eigenvalue weighted by Crippen LogP contribution is -2.41. The van der Waals surface area contributed by atoms with Crippen LogP contribution in [0.5, 0.6) is 0 Å². The van der Waals surface area contributed by atoms with Crippen molar-refractivity contribution in [1.82, 2.24) is 10.3 Å². The number of halogens is 3. The number of carbonyl (C=O) groups is 2. The highest BCUT2D eigenvalue weighted by Crippen LogP contribution is 2.30. The fraction of sp³-hybridized carbons (Fsp3) is 0.350. The molecule has 0 unspecified atom stereocenters. The first-order chi connectivity index (χ1) is 13.8. The standard InChI is InChI=1S/C20H21F3N4O2/c21-20(22,23)15-3-1-4-16(11-15)26-19(29)18(28)25-12-14-6-9-27(10-7-14)17-5-2-8-24-13-17/h1-5,8,11,13-14H,6-7,9-10,12H2,(H,25,28)(H,26,29). The summed E-state index contributed by atoms with van der Waals surface area (Å²) in [6.07, 6.45) is 0.707. The molecule has 1 aromatic heterocycles. The Kier molecular flexibility index (Phi) is 6.36. The Balaban J connectivity index is 1.45. The number of alkyl halides is 3. The number of anilines is 2. The minimum absolute atomic E-state index is 0.0789. The topological polar surface area (TPSA) is 74.3 Å². The first kappa shape index (κ1) is 20.6. The van der Waals surface area contributed by atoms with E-state index in [-0.39, 0.29) is 11.6 Å². The zero-order valence-corrected chi connectivity index (χ0v) is 15.6. The Morgan fingerprint density at radius 2 is 1.86 bits per heavy atom. The Morgan fingerprint density at radius 1 is 1.10 bits per heavy atom. The van der Waals surface area contributed by atoms with Crippen molar-refractivity contribution in [2.75, 3.05) is 29.9 Å². The van der Waals surface area contributed by atoms with E-state index < -0.39 is 23.6 Å². The summed E-state index contributed by atoms with van der Waals surface area (Å²) in [6, 6.07) is 8.03. The van der Waals surface area contributed by atoms with Gasteiger partial charge in [0.15, 0.2) is 0 Å². The van der Waals surface area contributed by atoms with Crippen molar-refractivity contribution in [3.8, 4) is 0 Å². The third kappa shape index (κ3) is 5.69. The lowest BCUT2D eigenvalue weighted by atomic mass is 9.96. The quantitative estimate of drug-likeness (QED) is 0.766. The van der Waals surface area contributed by atoms with Gasteiger partial charge in [0, 0.05) is 31.5 Å². The molecule has 29 heavy (non-hydrogen) atoms. The van der Waals surface area contributed by atoms with Gasteiger partial charge >= 0.3 is 18.0 Å². The average molecular weight is 406 g/mol. The van der Waals surface area contributed by atoms with Gasteiger partial charge in [-0.1, -0.05) is 6.07 Å². The highest BCUT2D eigenvalue weighted by molar-refractivity contribution is 6.39. The lowest BCUT2D eigenvalue weighted by molar-refractivity contribution is -0.137. The van der Waals surface area contributed by atoms with Gasteiger partial charge in [-0.15, -0.1) is 0 Å². The summed E-state index contributed by atoms with van der Waals surface area (Å²) in [4.78, 5) is 30.3. The second-order valence-electron chi connectivity index (χ2n) is 6.88. The number of piperidine rings is 1. The SMILES string of the molecule is O=C(NCC1CCN(c2cccnc2)CC1)C(=O)Nc1cccc(C(F)(F)F)c1. The molecule has 0 aliphatic carbocycles. The molecular weight excluding hydrogens is 385 g/mol. The van der Waals surface area contributed by atoms with Crippen molar-refractivity contribution < 1.29 is 22.8 Å². The molecule has 1 fully saturated rings. The predicted octanol–water partition coefficient (Wildman–Crippen LogP) is 3.07. The van der Waals surface area contributed by atoms with Gasteiger partial charge in [-0.2, -0.15) is 13.2 Å². The summed E-state index contributed by atoms with van der Waals surface area (Å²) in [5, 5.41) is 4.77. The number of rotatable bonds is 4. The number of carbonyl (C=O) groups excluding carboxylic acids is 2. The van der Waals surface area contributed by atoms with Crippen LogP contribution >= 0.6 is 0 Å². The van der Waals surface area contributed by atoms with Crippen LogP contribution in [-0.2, 0) is 15.8 Å². The van der Waals surface area contributed by atoms with Gasteiger partial charge in [0.2, 0.25) is 0 Å². The first-order valence-electron chi connectivity index (χ1n) is 9.24. The molecule has 6 nitrogen and oxygen atoms in total. The molecule has 0 saturated carbocycles. The Labute approximate surface area is 166 Å². The summed E-state index contributed by atoms with van der Waals surface area (Å²) >= 11 is 0. The van der Waals surface area contributed by atoms with Crippen LogP contribution < -0.4 is 15.5 Å². The van der Waals surface area contributed by atoms with Gasteiger partial charge in [0.05, 0.1) is 17.4 Å². The van der Waals surface area contributed by atoms with Crippen LogP contribution in [0.3, 0.4) is 0 Å². The van der Waals surface area contributed by atoms with Gasteiger partial charge in [0.1, 0.15) is 0 Å². The number of nitrogens with one attached hydrogen (secondary N) is 2. The van der Waals surface area contributed by atoms with Crippen LogP contribution in [0.4, 0.5) is 24.5 Å². The third-order valence-corrected chi connectivity index (χ3v) is 4.83. The number of aromatic nitrogens is 1. The maximum absolute atomic E-state index is 12.7. The van der Waals surface area contributed by atoms with Crippen molar-refractivity contribution in [2.24, 2.45) is 5.92 Å². The van der Waals surface area contributed by atoms with Crippen LogP contribution in [0.15, 0.2) is 48.8 Å². The van der Waals surface area contributed by atoms with Gasteiger partial charge in [-0.25, -0.2) is 0 Å². The summed E-state index contributed by atoms with van der Waals surface area (Å²) < 4.78 is 38.2. The molecule has 3 rings (SSSR count). The molecule has 2 N–H and O–H groups in total. The van der Waals surface area contributed by atoms with Gasteiger partial charge < -0.3 is 15.5 Å². The number of benzene rings is 1. The van der Waals surface area contributed by atoms with E-state index in [9.17, 15) is 22.8 Å². The van der Waals surface area contributed by atoms with E-state index >= 15 is 0 Å². The Hall–Kier alpha value is -3.10. The van der Waals surface area contributed by atoms with Crippen molar-refractivity contribution in [1.29, 1.82) is 0 Å². The molecule has 2 aromatic rings. The number of pyridine rings is 1. The number of nitrogens with zero attached hydrogens (tertiary/aromatic N) is 2. The van der Waals surface area contributed by atoms with Crippen molar-refractivity contribution in [2.45, 2.75) is 19.0 Å². The van der Waals surface area contributed by atoms with Crippen LogP contribution in [0.2, 0.25) is 0 Å². The van der Waals surface area contributed by atoms with E-state index in [1.165, 1.54) is 12.1 Å². The molecule has 1 aromatic carbocycles. The van der Waals surface area contributed by atoms with E-state index in [0.717, 1.165) is 43.8 Å². The number of hydrogen-bond donors (Lipinski definition) is 2. The molecule has 2 heterocycles. The highest BCUT2D eigenvalue weighted by Gasteiger charge is 2.30. The van der Waals surface area contributed by atoms with Gasteiger partial charge in [0.25, 0.3) is 0 Å². The molecule has 0 spiro atoms. The van der Waals surface area contributed by atoms with Crippen molar-refractivity contribution in [3.63, 3.8) is 0 Å². The number of hydrogen-bond acceptors (Lipinski definition) is 4. The lowest BCUT2D eigenvalue weighted by Gasteiger charge is -2.33. The van der Waals surface area contributed by atoms with Crippen LogP contribution in [0, 0.1) is 5.92 Å². The predicted molar refractivity (Wildman–Crippen MR) is 102 cm³/mol. The monoisotopic (exact) mass is 406 g/mol. The molecule has 0 bridgehead atoms. The second-order valence-corrected chi connectivity index (χ2v) is 6.88. The van der Waals surface area contributed by atoms with Gasteiger partial charge in [-0.05, 0) is 49.1 Å². The summed E-state index contributed by atoms with van der Waals surface area (Å²) in [5.74, 6) is -1.62. The largest absolute Gasteiger partial charge is 0.416 e. The van der Waals surface area contributed by atoms with E-state index in [2.05, 4.69) is 20.5 Å². The minimum atomic E-state index is -4.52. The molecule has 0 atom stereocenters. The third-order valence-electron chi connectivity index (χ3n) is 4.83. The zero-order chi connectivity index (χ0) is 20.9. The minimum Gasteiger partial charge on any atom is -0.370 e. The fourth-order valence-corrected chi connectivity index (χ4v) is 3.21. The molecule has 2 amide bonds. The molecule has 0 radical (unpaired) electrons. The molecular formula is C20H21F3N4O2. The zero-order valence-electron chi connectivity index (χ0n) is 15.6. The van der Waals surface area contributed by atoms with Crippen LogP contribution in [-0.4, -0.2) is 36.4 Å². The maximum Gasteiger partial charge on any atom is 0.416 e. The smallest absolute Gasteiger partial charge is 0.370 e. The fourth-order valence-electron chi connectivity index (χ4n) is 3.21. The summed E-state index contributed by atoms with van der Waals surface area (Å²) in [7, 11) is 0. The molecule has 9 heteroatoms. The number of amides is 2. The average Bonchev–Trinajstić information content (AvgIpc) is 2.72. The molecule has 154 valence electrons. The normalized spacial score (nSPS) is 15.1. The Bertz CT molecular complexity index is 850. The Morgan fingerprint density at radius 3 is 2.52 bits per heavy atom. The molecule has 1 aliphatic heterocycles.